The first-order valence-corrected chi connectivity index (χ1v) is 11.9. The Labute approximate surface area is 186 Å². The van der Waals surface area contributed by atoms with Gasteiger partial charge in [-0.05, 0) is 51.0 Å². The molecule has 1 saturated carbocycles. The van der Waals surface area contributed by atoms with Crippen LogP contribution in [0.4, 0.5) is 4.39 Å². The summed E-state index contributed by atoms with van der Waals surface area (Å²) in [7, 11) is -4.13. The molecule has 0 N–H and O–H groups in total. The second kappa shape index (κ2) is 8.76. The van der Waals surface area contributed by atoms with Crippen molar-refractivity contribution >= 4 is 21.8 Å². The molecule has 2 aliphatic rings. The first kappa shape index (κ1) is 22.6. The summed E-state index contributed by atoms with van der Waals surface area (Å²) in [5.41, 5.74) is 2.18. The summed E-state index contributed by atoms with van der Waals surface area (Å²) in [5, 5.41) is 0. The van der Waals surface area contributed by atoms with Crippen LogP contribution in [-0.4, -0.2) is 62.0 Å². The summed E-state index contributed by atoms with van der Waals surface area (Å²) in [6.45, 7) is 3.94. The predicted octanol–water partition coefficient (Wildman–Crippen LogP) is 2.64. The van der Waals surface area contributed by atoms with E-state index in [-0.39, 0.29) is 37.6 Å². The van der Waals surface area contributed by atoms with E-state index in [0.717, 1.165) is 46.7 Å². The summed E-state index contributed by atoms with van der Waals surface area (Å²) in [4.78, 5) is 24.5. The number of benzene rings is 1. The van der Waals surface area contributed by atoms with E-state index in [9.17, 15) is 22.4 Å². The fourth-order valence-electron chi connectivity index (χ4n) is 4.00. The molecule has 1 aromatic heterocycles. The summed E-state index contributed by atoms with van der Waals surface area (Å²) in [6.07, 6.45) is 2.17. The fraction of sp³-hybridized carbons (Fsp3) is 0.455. The minimum Gasteiger partial charge on any atom is -0.454 e. The SMILES string of the molecule is Cc1cc(C(=O)COC(=O)c2ccc(F)c(S(=O)(=O)N3CCOCC3)c2)c(C)n1C1CC1. The van der Waals surface area contributed by atoms with Crippen LogP contribution in [0.5, 0.6) is 0 Å². The number of halogens is 1. The first-order chi connectivity index (χ1) is 15.2. The lowest BCUT2D eigenvalue weighted by atomic mass is 10.1. The van der Waals surface area contributed by atoms with E-state index in [1.165, 1.54) is 0 Å². The molecule has 0 unspecified atom stereocenters. The number of aromatic nitrogens is 1. The van der Waals surface area contributed by atoms with Gasteiger partial charge in [-0.1, -0.05) is 0 Å². The lowest BCUT2D eigenvalue weighted by Gasteiger charge is -2.26. The van der Waals surface area contributed by atoms with Gasteiger partial charge in [0.2, 0.25) is 15.8 Å². The van der Waals surface area contributed by atoms with Crippen LogP contribution in [0.1, 0.15) is 51.0 Å². The monoisotopic (exact) mass is 464 g/mol. The van der Waals surface area contributed by atoms with E-state index in [1.54, 1.807) is 6.07 Å². The Balaban J connectivity index is 1.48. The molecule has 2 fully saturated rings. The number of ether oxygens (including phenoxy) is 2. The minimum atomic E-state index is -4.13. The van der Waals surface area contributed by atoms with E-state index in [0.29, 0.717) is 11.6 Å². The Morgan fingerprint density at radius 2 is 1.84 bits per heavy atom. The number of ketones is 1. The molecule has 4 rings (SSSR count). The number of rotatable bonds is 7. The first-order valence-electron chi connectivity index (χ1n) is 10.5. The van der Waals surface area contributed by atoms with Crippen molar-refractivity contribution in [2.45, 2.75) is 37.6 Å². The average Bonchev–Trinajstić information content (AvgIpc) is 3.56. The second-order valence-corrected chi connectivity index (χ2v) is 9.95. The van der Waals surface area contributed by atoms with Crippen molar-refractivity contribution in [1.29, 1.82) is 0 Å². The molecule has 0 amide bonds. The van der Waals surface area contributed by atoms with Crippen LogP contribution >= 0.6 is 0 Å². The van der Waals surface area contributed by atoms with Crippen LogP contribution in [0.2, 0.25) is 0 Å². The van der Waals surface area contributed by atoms with Gasteiger partial charge in [-0.3, -0.25) is 4.79 Å². The Kier molecular flexibility index (Phi) is 6.19. The fourth-order valence-corrected chi connectivity index (χ4v) is 5.50. The molecule has 32 heavy (non-hydrogen) atoms. The number of Topliss-reactive ketones (excluding diaryl/α,β-unsaturated/α-hetero) is 1. The standard InChI is InChI=1S/C22H25FN2O6S/c1-14-11-18(15(2)25(14)17-4-5-17)20(26)13-31-22(27)16-3-6-19(23)21(12-16)32(28,29)24-7-9-30-10-8-24/h3,6,11-12,17H,4-5,7-10,13H2,1-2H3. The molecule has 1 aromatic carbocycles. The van der Waals surface area contributed by atoms with Crippen LogP contribution in [0.3, 0.4) is 0 Å². The average molecular weight is 465 g/mol. The molecular formula is C22H25FN2O6S. The van der Waals surface area contributed by atoms with Gasteiger partial charge in [0.15, 0.2) is 6.61 Å². The number of hydrogen-bond acceptors (Lipinski definition) is 6. The van der Waals surface area contributed by atoms with Crippen LogP contribution in [-0.2, 0) is 19.5 Å². The van der Waals surface area contributed by atoms with Gasteiger partial charge < -0.3 is 14.0 Å². The van der Waals surface area contributed by atoms with Gasteiger partial charge in [0.1, 0.15) is 10.7 Å². The van der Waals surface area contributed by atoms with Crippen molar-refractivity contribution in [1.82, 2.24) is 8.87 Å². The normalized spacial score (nSPS) is 17.3. The van der Waals surface area contributed by atoms with Crippen molar-refractivity contribution < 1.29 is 31.9 Å². The van der Waals surface area contributed by atoms with Gasteiger partial charge in [-0.25, -0.2) is 17.6 Å². The predicted molar refractivity (Wildman–Crippen MR) is 113 cm³/mol. The lowest BCUT2D eigenvalue weighted by molar-refractivity contribution is 0.0474. The molecule has 0 radical (unpaired) electrons. The number of nitrogens with zero attached hydrogens (tertiary/aromatic N) is 2. The molecule has 8 nitrogen and oxygen atoms in total. The lowest BCUT2D eigenvalue weighted by Crippen LogP contribution is -2.41. The van der Waals surface area contributed by atoms with Crippen molar-refractivity contribution in [3.63, 3.8) is 0 Å². The maximum Gasteiger partial charge on any atom is 0.338 e. The highest BCUT2D eigenvalue weighted by Crippen LogP contribution is 2.38. The largest absolute Gasteiger partial charge is 0.454 e. The van der Waals surface area contributed by atoms with Gasteiger partial charge in [-0.2, -0.15) is 4.31 Å². The maximum absolute atomic E-state index is 14.3. The quantitative estimate of drug-likeness (QED) is 0.462. The summed E-state index contributed by atoms with van der Waals surface area (Å²) in [5.74, 6) is -2.20. The van der Waals surface area contributed by atoms with E-state index in [1.807, 2.05) is 13.8 Å². The Bertz CT molecular complexity index is 1160. The van der Waals surface area contributed by atoms with E-state index >= 15 is 0 Å². The van der Waals surface area contributed by atoms with Crippen LogP contribution in [0.25, 0.3) is 0 Å². The molecule has 2 heterocycles. The zero-order valence-corrected chi connectivity index (χ0v) is 18.8. The number of hydrogen-bond donors (Lipinski definition) is 0. The molecule has 1 aliphatic heterocycles. The molecule has 1 aliphatic carbocycles. The van der Waals surface area contributed by atoms with Crippen LogP contribution in [0, 0.1) is 19.7 Å². The highest BCUT2D eigenvalue weighted by Gasteiger charge is 2.31. The summed E-state index contributed by atoms with van der Waals surface area (Å²) in [6, 6.07) is 5.21. The number of morpholine rings is 1. The van der Waals surface area contributed by atoms with E-state index in [2.05, 4.69) is 4.57 Å². The number of carbonyl (C=O) groups excluding carboxylic acids is 2. The zero-order chi connectivity index (χ0) is 23.0. The Morgan fingerprint density at radius 3 is 2.50 bits per heavy atom. The molecule has 10 heteroatoms. The number of esters is 1. The highest BCUT2D eigenvalue weighted by atomic mass is 32.2. The van der Waals surface area contributed by atoms with Gasteiger partial charge in [0, 0.05) is 36.1 Å². The minimum absolute atomic E-state index is 0.101. The van der Waals surface area contributed by atoms with Crippen molar-refractivity contribution in [2.75, 3.05) is 32.9 Å². The van der Waals surface area contributed by atoms with Crippen LogP contribution in [0.15, 0.2) is 29.2 Å². The third-order valence-electron chi connectivity index (χ3n) is 5.79. The Hall–Kier alpha value is -2.56. The third-order valence-corrected chi connectivity index (χ3v) is 7.70. The molecule has 0 spiro atoms. The van der Waals surface area contributed by atoms with Gasteiger partial charge in [0.25, 0.3) is 0 Å². The molecule has 2 aromatic rings. The summed E-state index contributed by atoms with van der Waals surface area (Å²) < 4.78 is 53.4. The van der Waals surface area contributed by atoms with E-state index in [4.69, 9.17) is 9.47 Å². The number of carbonyl (C=O) groups is 2. The number of aryl methyl sites for hydroxylation is 1. The summed E-state index contributed by atoms with van der Waals surface area (Å²) >= 11 is 0. The smallest absolute Gasteiger partial charge is 0.338 e. The van der Waals surface area contributed by atoms with Crippen molar-refractivity contribution in [3.05, 3.63) is 52.6 Å². The molecule has 0 atom stereocenters. The molecule has 172 valence electrons. The van der Waals surface area contributed by atoms with Crippen molar-refractivity contribution in [2.24, 2.45) is 0 Å². The molecule has 1 saturated heterocycles. The molecular weight excluding hydrogens is 439 g/mol. The van der Waals surface area contributed by atoms with Gasteiger partial charge in [-0.15, -0.1) is 0 Å². The number of sulfonamides is 1. The third kappa shape index (κ3) is 4.35. The topological polar surface area (TPSA) is 94.9 Å². The highest BCUT2D eigenvalue weighted by molar-refractivity contribution is 7.89. The second-order valence-electron chi connectivity index (χ2n) is 8.05. The zero-order valence-electron chi connectivity index (χ0n) is 18.0. The van der Waals surface area contributed by atoms with E-state index < -0.39 is 33.3 Å². The van der Waals surface area contributed by atoms with Gasteiger partial charge >= 0.3 is 5.97 Å². The molecule has 0 bridgehead atoms. The van der Waals surface area contributed by atoms with Crippen LogP contribution < -0.4 is 0 Å². The maximum atomic E-state index is 14.3. The Morgan fingerprint density at radius 1 is 1.16 bits per heavy atom. The van der Waals surface area contributed by atoms with Crippen molar-refractivity contribution in [3.8, 4) is 0 Å². The van der Waals surface area contributed by atoms with Gasteiger partial charge in [0.05, 0.1) is 18.8 Å².